The van der Waals surface area contributed by atoms with Gasteiger partial charge in [-0.15, -0.1) is 0 Å². The minimum atomic E-state index is -4.67. The van der Waals surface area contributed by atoms with Gasteiger partial charge in [0.05, 0.1) is 80.8 Å². The minimum Gasteiger partial charge on any atom is -0.744 e. The number of carboxylic acid groups (broad SMARTS) is 1. The molecule has 5 aromatic heterocycles. The Morgan fingerprint density at radius 1 is 0.227 bits per heavy atom. The summed E-state index contributed by atoms with van der Waals surface area (Å²) in [6.07, 6.45) is 1.13. The van der Waals surface area contributed by atoms with Crippen LogP contribution in [0, 0.1) is 0 Å². The van der Waals surface area contributed by atoms with Crippen LogP contribution in [0.25, 0.3) is 171 Å². The second-order valence-electron chi connectivity index (χ2n) is 31.9. The van der Waals surface area contributed by atoms with Crippen LogP contribution in [0.2, 0.25) is 0 Å². The van der Waals surface area contributed by atoms with Gasteiger partial charge < -0.3 is 60.7 Å². The van der Waals surface area contributed by atoms with Crippen molar-refractivity contribution in [2.24, 2.45) is 5.14 Å². The second-order valence-corrected chi connectivity index (χ2v) is 38.3. The third-order valence-electron chi connectivity index (χ3n) is 21.7. The molecule has 0 fully saturated rings. The molecule has 0 spiro atoms. The summed E-state index contributed by atoms with van der Waals surface area (Å²) in [6.45, 7) is 0. The first kappa shape index (κ1) is 106. The van der Waals surface area contributed by atoms with Crippen LogP contribution in [0.15, 0.2) is 384 Å². The van der Waals surface area contributed by atoms with Gasteiger partial charge in [-0.25, -0.2) is 110 Å². The number of hydrogen-bond donors (Lipinski definition) is 13. The number of para-hydroxylation sites is 10. The molecule has 15 aromatic carbocycles. The molecule has 5 heterocycles. The molecule has 0 saturated heterocycles. The van der Waals surface area contributed by atoms with Crippen LogP contribution < -0.4 is 34.7 Å². The molecule has 0 aliphatic carbocycles. The maximum Gasteiger partial charge on any atom is 1.00 e. The monoisotopic (exact) mass is 2090 g/mol. The normalized spacial score (nSPS) is 11.1. The summed E-state index contributed by atoms with van der Waals surface area (Å²) in [4.78, 5) is 76.7. The number of rotatable bonds is 20. The molecular formula is C107H77N16NaO22S4. The van der Waals surface area contributed by atoms with E-state index in [1.807, 2.05) is 0 Å². The van der Waals surface area contributed by atoms with Crippen LogP contribution in [0.4, 0.5) is 0 Å². The van der Waals surface area contributed by atoms with Crippen molar-refractivity contribution in [3.05, 3.63) is 370 Å². The summed E-state index contributed by atoms with van der Waals surface area (Å²) in [6, 6.07) is 94.4. The Kier molecular flexibility index (Phi) is 32.3. The second kappa shape index (κ2) is 45.8. The first-order valence-corrected chi connectivity index (χ1v) is 50.2. The quantitative estimate of drug-likeness (QED) is 0.0249. The Bertz CT molecular complexity index is 7890. The first-order chi connectivity index (χ1) is 71.3. The van der Waals surface area contributed by atoms with Gasteiger partial charge in [0.15, 0.2) is 97.2 Å². The van der Waals surface area contributed by atoms with Gasteiger partial charge in [-0.3, -0.25) is 4.55 Å². The van der Waals surface area contributed by atoms with Crippen molar-refractivity contribution in [1.29, 1.82) is 0 Å². The van der Waals surface area contributed by atoms with Crippen LogP contribution in [-0.2, 0) is 40.1 Å². The van der Waals surface area contributed by atoms with Gasteiger partial charge >= 0.3 is 35.5 Å². The zero-order valence-electron chi connectivity index (χ0n) is 78.0. The number of sulfonamides is 1. The maximum absolute atomic E-state index is 12.0. The molecule has 742 valence electrons. The van der Waals surface area contributed by atoms with Gasteiger partial charge in [0.1, 0.15) is 67.6 Å². The van der Waals surface area contributed by atoms with E-state index in [-0.39, 0.29) is 200 Å². The van der Waals surface area contributed by atoms with Crippen molar-refractivity contribution in [2.75, 3.05) is 6.26 Å². The molecule has 0 atom stereocenters. The van der Waals surface area contributed by atoms with Crippen molar-refractivity contribution in [2.45, 2.75) is 19.6 Å². The number of benzene rings is 15. The number of hydrogen-bond acceptors (Lipinski definition) is 35. The topological polar surface area (TPSA) is 639 Å². The van der Waals surface area contributed by atoms with E-state index in [0.717, 1.165) is 6.26 Å². The third-order valence-corrected chi connectivity index (χ3v) is 25.4. The molecule has 0 bridgehead atoms. The minimum absolute atomic E-state index is 0. The number of primary sulfonamides is 1. The van der Waals surface area contributed by atoms with Crippen molar-refractivity contribution < 1.29 is 133 Å². The fourth-order valence-corrected chi connectivity index (χ4v) is 16.7. The van der Waals surface area contributed by atoms with Gasteiger partial charge in [-0.05, 0) is 182 Å². The van der Waals surface area contributed by atoms with Crippen molar-refractivity contribution in [3.8, 4) is 228 Å². The van der Waals surface area contributed by atoms with Gasteiger partial charge in [0, 0.05) is 34.1 Å². The number of carboxylic acids is 1. The van der Waals surface area contributed by atoms with E-state index >= 15 is 0 Å². The number of phenolic OH excluding ortho intramolecular Hbond substituents is 10. The molecule has 0 saturated carbocycles. The predicted molar refractivity (Wildman–Crippen MR) is 547 cm³/mol. The van der Waals surface area contributed by atoms with E-state index in [0.29, 0.717) is 77.9 Å². The van der Waals surface area contributed by atoms with E-state index in [2.05, 4.69) is 74.8 Å². The Morgan fingerprint density at radius 2 is 0.393 bits per heavy atom. The number of carbonyl (C=O) groups is 1. The van der Waals surface area contributed by atoms with E-state index in [1.165, 1.54) is 140 Å². The van der Waals surface area contributed by atoms with Crippen LogP contribution >= 0.6 is 0 Å². The van der Waals surface area contributed by atoms with Gasteiger partial charge in [-0.1, -0.05) is 182 Å². The number of nitrogens with zero attached hydrogens (tertiary/aromatic N) is 15. The van der Waals surface area contributed by atoms with E-state index < -0.39 is 51.0 Å². The van der Waals surface area contributed by atoms with Crippen molar-refractivity contribution in [3.63, 3.8) is 0 Å². The fourth-order valence-electron chi connectivity index (χ4n) is 14.4. The standard InChI is InChI=1S/C22H17N3O4S.C22H15N3O4.C21H16N4O4S.2C21H15N3O5S.Na/c1-30(28,29)15-8-6-7-14(13-15)20-23-21(16-9-2-4-11-18(16)26)25-22(24-20)17-10-3-5-12-19(17)27;26-17-10-3-1-8-15(17)20-23-19(13-6-5-7-14(12-13)22(28)29)24-21(25-20)16-9-2-4-11-18(16)27;22-30(28,29)14-7-5-6-13(12-14)19-23-20(15-8-1-3-10-17(15)26)25-21(24-19)16-9-2-4-11-18(16)27;2*25-17-10-3-1-8-15(17)20-22-19(13-6-5-7-14(12-13)30(27,28)29)23-21(24-20)16-9-2-4-11-18(16)26;/h2-13,26-27H,1H3;1-12,26-27H,(H,28,29);1-12,26-27H,(H2,22,28,29);2*1-12,25-26H,(H,27,28,29);/q;;;;;+1/p-1. The molecule has 0 unspecified atom stereocenters. The summed E-state index contributed by atoms with van der Waals surface area (Å²) >= 11 is 0. The number of sulfone groups is 1. The van der Waals surface area contributed by atoms with Gasteiger partial charge in [-0.2, -0.15) is 8.42 Å². The fraction of sp³-hybridized carbons (Fsp3) is 0.00935. The predicted octanol–water partition coefficient (Wildman–Crippen LogP) is 14.3. The van der Waals surface area contributed by atoms with Crippen molar-refractivity contribution in [1.82, 2.24) is 74.8 Å². The summed E-state index contributed by atoms with van der Waals surface area (Å²) in [5, 5.41) is 117. The Labute approximate surface area is 876 Å². The van der Waals surface area contributed by atoms with E-state index in [9.17, 15) is 104 Å². The Hall–Kier alpha value is -18.5. The zero-order valence-corrected chi connectivity index (χ0v) is 83.3. The number of nitrogens with two attached hydrogens (primary N) is 1. The molecule has 0 aliphatic heterocycles. The number of aromatic hydroxyl groups is 10. The molecule has 43 heteroatoms. The number of phenols is 10. The molecule has 0 radical (unpaired) electrons. The largest absolute Gasteiger partial charge is 1.00 e. The molecule has 0 amide bonds. The van der Waals surface area contributed by atoms with Crippen LogP contribution in [0.1, 0.15) is 10.4 Å². The molecular weight excluding hydrogens is 2010 g/mol. The molecule has 0 aliphatic rings. The third kappa shape index (κ3) is 25.5. The number of aromatic carboxylic acids is 1. The van der Waals surface area contributed by atoms with Gasteiger partial charge in [0.25, 0.3) is 10.1 Å². The Balaban J connectivity index is 0.000000140. The maximum atomic E-state index is 12.0. The smallest absolute Gasteiger partial charge is 0.744 e. The zero-order chi connectivity index (χ0) is 106. The summed E-state index contributed by atoms with van der Waals surface area (Å²) < 4.78 is 114. The molecule has 38 nitrogen and oxygen atoms in total. The summed E-state index contributed by atoms with van der Waals surface area (Å²) in [5.74, 6) is 1.01. The van der Waals surface area contributed by atoms with Crippen LogP contribution in [-0.4, -0.2) is 186 Å². The molecule has 150 heavy (non-hydrogen) atoms. The summed E-state index contributed by atoms with van der Waals surface area (Å²) in [5.41, 5.74) is 5.59. The summed E-state index contributed by atoms with van der Waals surface area (Å²) in [7, 11) is -16.4. The van der Waals surface area contributed by atoms with E-state index in [4.69, 9.17) is 5.14 Å². The Morgan fingerprint density at radius 3 is 0.587 bits per heavy atom. The van der Waals surface area contributed by atoms with Gasteiger partial charge in [0.2, 0.25) is 10.0 Å². The molecule has 20 aromatic rings. The van der Waals surface area contributed by atoms with E-state index in [1.54, 1.807) is 224 Å². The first-order valence-electron chi connectivity index (χ1n) is 43.9. The molecule has 20 rings (SSSR count). The average Bonchev–Trinajstić information content (AvgIpc) is 0.797. The van der Waals surface area contributed by atoms with Crippen molar-refractivity contribution >= 4 is 46.1 Å². The SMILES string of the molecule is CS(=O)(=O)c1cccc(-c2nc(-c3ccccc3O)nc(-c3ccccc3O)n2)c1.NS(=O)(=O)c1cccc(-c2nc(-c3ccccc3O)nc(-c3ccccc3O)n2)c1.O=C(O)c1cccc(-c2nc(-c3ccccc3O)nc(-c3ccccc3O)n2)c1.O=S(=O)(O)c1cccc(-c2nc(-c3ccccc3O)nc(-c3ccccc3O)n2)c1.O=S(=O)([O-])c1cccc(-c2nc(-c3ccccc3O)nc(-c3ccccc3O)n2)c1.[Na+]. The van der Waals surface area contributed by atoms with Crippen LogP contribution in [0.5, 0.6) is 57.5 Å². The molecule has 14 N–H and O–H groups in total. The average molecular weight is 2090 g/mol. The number of aromatic nitrogens is 15. The van der Waals surface area contributed by atoms with Crippen LogP contribution in [0.3, 0.4) is 0 Å².